The highest BCUT2D eigenvalue weighted by Gasteiger charge is 2.38. The first-order chi connectivity index (χ1) is 17.7. The Labute approximate surface area is 208 Å². The molecular weight excluding hydrogens is 485 g/mol. The Morgan fingerprint density at radius 1 is 1.08 bits per heavy atom. The molecule has 4 aromatic heterocycles. The SMILES string of the molecule is C[C@@H](c1ccc(C(F)(F)F)nc1)n1nc(C#N)c2c(=O)[nH]c(C3CCC3c3ncc(C4CC4)cn3)nc21. The molecule has 0 spiro atoms. The molecule has 9 nitrogen and oxygen atoms in total. The van der Waals surface area contributed by atoms with Crippen molar-refractivity contribution in [1.82, 2.24) is 34.7 Å². The summed E-state index contributed by atoms with van der Waals surface area (Å²) >= 11 is 0. The molecule has 0 aliphatic heterocycles. The first kappa shape index (κ1) is 23.3. The lowest BCUT2D eigenvalue weighted by atomic mass is 9.72. The van der Waals surface area contributed by atoms with E-state index in [0.717, 1.165) is 30.7 Å². The summed E-state index contributed by atoms with van der Waals surface area (Å²) in [5, 5.41) is 13.9. The van der Waals surface area contributed by atoms with Crippen LogP contribution in [0.5, 0.6) is 0 Å². The third-order valence-corrected chi connectivity index (χ3v) is 7.31. The van der Waals surface area contributed by atoms with E-state index in [1.807, 2.05) is 18.5 Å². The van der Waals surface area contributed by atoms with Gasteiger partial charge in [0.1, 0.15) is 28.8 Å². The summed E-state index contributed by atoms with van der Waals surface area (Å²) in [5.74, 6) is 1.60. The van der Waals surface area contributed by atoms with Crippen LogP contribution in [0.4, 0.5) is 13.2 Å². The zero-order valence-corrected chi connectivity index (χ0v) is 19.7. The largest absolute Gasteiger partial charge is 0.433 e. The Kier molecular flexibility index (Phi) is 5.33. The number of alkyl halides is 3. The molecule has 2 unspecified atom stereocenters. The highest BCUT2D eigenvalue weighted by atomic mass is 19.4. The molecule has 3 atom stereocenters. The molecular formula is C25H21F3N8O. The molecule has 2 saturated carbocycles. The summed E-state index contributed by atoms with van der Waals surface area (Å²) in [7, 11) is 0. The zero-order valence-electron chi connectivity index (χ0n) is 19.7. The molecule has 2 aliphatic rings. The standard InChI is InChI=1S/C25H21F3N8O/c1-12(14-4-7-19(30-9-14)25(26,27)28)36-23-20(18(8-29)35-36)24(37)34-22(33-23)17-6-5-16(17)21-31-10-15(11-32-21)13-2-3-13/h4,7,9-13,16-17H,2-3,5-6H2,1H3,(H,33,34,37)/t12-,16?,17?/m0/s1. The van der Waals surface area contributed by atoms with E-state index in [-0.39, 0.29) is 28.6 Å². The third kappa shape index (κ3) is 4.04. The van der Waals surface area contributed by atoms with E-state index in [4.69, 9.17) is 4.98 Å². The van der Waals surface area contributed by atoms with Crippen molar-refractivity contribution in [2.75, 3.05) is 0 Å². The van der Waals surface area contributed by atoms with Crippen LogP contribution in [0, 0.1) is 11.3 Å². The molecule has 1 N–H and O–H groups in total. The fourth-order valence-electron chi connectivity index (χ4n) is 4.85. The van der Waals surface area contributed by atoms with Gasteiger partial charge in [0.05, 0.1) is 6.04 Å². The van der Waals surface area contributed by atoms with Gasteiger partial charge in [0, 0.05) is 30.4 Å². The molecule has 4 heterocycles. The summed E-state index contributed by atoms with van der Waals surface area (Å²) in [5.41, 5.74) is 0.163. The molecule has 2 aliphatic carbocycles. The molecule has 0 aromatic carbocycles. The molecule has 37 heavy (non-hydrogen) atoms. The Morgan fingerprint density at radius 2 is 1.81 bits per heavy atom. The highest BCUT2D eigenvalue weighted by Crippen LogP contribution is 2.47. The van der Waals surface area contributed by atoms with E-state index < -0.39 is 23.5 Å². The van der Waals surface area contributed by atoms with Gasteiger partial charge in [-0.3, -0.25) is 9.78 Å². The van der Waals surface area contributed by atoms with Crippen molar-refractivity contribution in [1.29, 1.82) is 5.26 Å². The van der Waals surface area contributed by atoms with Gasteiger partial charge in [0.2, 0.25) is 0 Å². The molecule has 4 aromatic rings. The van der Waals surface area contributed by atoms with Crippen LogP contribution in [0.2, 0.25) is 0 Å². The van der Waals surface area contributed by atoms with E-state index in [1.54, 1.807) is 6.92 Å². The van der Waals surface area contributed by atoms with Crippen molar-refractivity contribution in [3.63, 3.8) is 0 Å². The van der Waals surface area contributed by atoms with Gasteiger partial charge in [-0.1, -0.05) is 6.07 Å². The van der Waals surface area contributed by atoms with E-state index in [2.05, 4.69) is 25.0 Å². The second kappa shape index (κ2) is 8.47. The van der Waals surface area contributed by atoms with Crippen LogP contribution in [0.25, 0.3) is 11.0 Å². The highest BCUT2D eigenvalue weighted by molar-refractivity contribution is 5.80. The fraction of sp³-hybridized carbons (Fsp3) is 0.400. The number of fused-ring (bicyclic) bond motifs is 1. The predicted molar refractivity (Wildman–Crippen MR) is 125 cm³/mol. The number of nitriles is 1. The van der Waals surface area contributed by atoms with Crippen molar-refractivity contribution in [3.8, 4) is 6.07 Å². The van der Waals surface area contributed by atoms with Crippen LogP contribution in [0.3, 0.4) is 0 Å². The minimum Gasteiger partial charge on any atom is -0.310 e. The number of H-pyrrole nitrogens is 1. The first-order valence-electron chi connectivity index (χ1n) is 12.0. The molecule has 12 heteroatoms. The van der Waals surface area contributed by atoms with Crippen LogP contribution in [0.1, 0.15) is 90.6 Å². The number of halogens is 3. The van der Waals surface area contributed by atoms with E-state index >= 15 is 0 Å². The van der Waals surface area contributed by atoms with Crippen LogP contribution < -0.4 is 5.56 Å². The summed E-state index contributed by atoms with van der Waals surface area (Å²) in [6, 6.07) is 3.49. The maximum Gasteiger partial charge on any atom is 0.433 e. The normalized spacial score (nSPS) is 20.4. The molecule has 0 saturated heterocycles. The minimum atomic E-state index is -4.56. The Balaban J connectivity index is 1.36. The second-order valence-electron chi connectivity index (χ2n) is 9.64. The topological polar surface area (TPSA) is 126 Å². The van der Waals surface area contributed by atoms with Gasteiger partial charge in [-0.2, -0.15) is 23.5 Å². The van der Waals surface area contributed by atoms with Crippen molar-refractivity contribution >= 4 is 11.0 Å². The van der Waals surface area contributed by atoms with Gasteiger partial charge < -0.3 is 4.98 Å². The number of nitrogens with one attached hydrogen (secondary N) is 1. The first-order valence-corrected chi connectivity index (χ1v) is 12.0. The van der Waals surface area contributed by atoms with Crippen molar-refractivity contribution < 1.29 is 13.2 Å². The van der Waals surface area contributed by atoms with Crippen molar-refractivity contribution in [2.24, 2.45) is 0 Å². The van der Waals surface area contributed by atoms with Crippen LogP contribution >= 0.6 is 0 Å². The number of rotatable bonds is 5. The average molecular weight is 506 g/mol. The number of hydrogen-bond acceptors (Lipinski definition) is 7. The summed E-state index contributed by atoms with van der Waals surface area (Å²) < 4.78 is 40.2. The summed E-state index contributed by atoms with van der Waals surface area (Å²) in [6.45, 7) is 1.70. The van der Waals surface area contributed by atoms with Gasteiger partial charge in [-0.05, 0) is 55.7 Å². The van der Waals surface area contributed by atoms with Gasteiger partial charge in [-0.15, -0.1) is 0 Å². The van der Waals surface area contributed by atoms with Crippen LogP contribution in [-0.2, 0) is 6.18 Å². The summed E-state index contributed by atoms with van der Waals surface area (Å²) in [6.07, 6.45) is 4.28. The zero-order chi connectivity index (χ0) is 25.9. The number of aromatic nitrogens is 7. The van der Waals surface area contributed by atoms with Gasteiger partial charge in [-0.25, -0.2) is 19.6 Å². The molecule has 0 bridgehead atoms. The third-order valence-electron chi connectivity index (χ3n) is 7.31. The number of nitrogens with zero attached hydrogens (tertiary/aromatic N) is 7. The Morgan fingerprint density at radius 3 is 2.38 bits per heavy atom. The van der Waals surface area contributed by atoms with E-state index in [1.165, 1.54) is 23.6 Å². The van der Waals surface area contributed by atoms with Gasteiger partial charge in [0.25, 0.3) is 5.56 Å². The van der Waals surface area contributed by atoms with Crippen molar-refractivity contribution in [2.45, 2.75) is 62.6 Å². The molecule has 188 valence electrons. The lowest BCUT2D eigenvalue weighted by Crippen LogP contribution is -2.28. The maximum atomic E-state index is 13.1. The lowest BCUT2D eigenvalue weighted by molar-refractivity contribution is -0.141. The minimum absolute atomic E-state index is 0.00259. The fourth-order valence-corrected chi connectivity index (χ4v) is 4.85. The van der Waals surface area contributed by atoms with Gasteiger partial charge in [0.15, 0.2) is 11.3 Å². The van der Waals surface area contributed by atoms with Crippen LogP contribution in [0.15, 0.2) is 35.5 Å². The van der Waals surface area contributed by atoms with E-state index in [9.17, 15) is 23.2 Å². The monoisotopic (exact) mass is 506 g/mol. The average Bonchev–Trinajstić information content (AvgIpc) is 3.63. The summed E-state index contributed by atoms with van der Waals surface area (Å²) in [4.78, 5) is 33.2. The Bertz CT molecular complexity index is 1580. The lowest BCUT2D eigenvalue weighted by Gasteiger charge is -2.34. The number of pyridine rings is 1. The Hall–Kier alpha value is -4.14. The molecule has 2 fully saturated rings. The molecule has 6 rings (SSSR count). The predicted octanol–water partition coefficient (Wildman–Crippen LogP) is 4.34. The van der Waals surface area contributed by atoms with Crippen LogP contribution in [-0.4, -0.2) is 34.7 Å². The maximum absolute atomic E-state index is 13.1. The number of aromatic amines is 1. The second-order valence-corrected chi connectivity index (χ2v) is 9.64. The van der Waals surface area contributed by atoms with Gasteiger partial charge >= 0.3 is 6.18 Å². The number of hydrogen-bond donors (Lipinski definition) is 1. The molecule has 0 amide bonds. The smallest absolute Gasteiger partial charge is 0.310 e. The molecule has 0 radical (unpaired) electrons. The van der Waals surface area contributed by atoms with Crippen molar-refractivity contribution in [3.05, 3.63) is 75.2 Å². The van der Waals surface area contributed by atoms with E-state index in [0.29, 0.717) is 23.1 Å². The quantitative estimate of drug-likeness (QED) is 0.427.